The second-order valence-electron chi connectivity index (χ2n) is 2.00. The maximum absolute atomic E-state index is 10.7. The molecule has 0 aliphatic rings. The number of nitro groups is 1. The Hall–Kier alpha value is -2.12. The average Bonchev–Trinajstić information content (AvgIpc) is 2.52. The summed E-state index contributed by atoms with van der Waals surface area (Å²) in [4.78, 5) is 20.3. The molecular weight excluding hydrogens is 180 g/mol. The molecule has 0 spiro atoms. The van der Waals surface area contributed by atoms with Crippen molar-refractivity contribution in [3.05, 3.63) is 16.3 Å². The summed E-state index contributed by atoms with van der Waals surface area (Å²) in [5.41, 5.74) is -0.314. The number of methoxy groups -OCH3 is 1. The standard InChI is InChI=1S/C5H6N4O4/c1-13-5(10)7-4-3(9(11)12)2-6-8-4/h2H,1H3,(H2,6,7,8,10). The summed E-state index contributed by atoms with van der Waals surface area (Å²) in [7, 11) is 1.15. The first-order valence-electron chi connectivity index (χ1n) is 3.18. The molecule has 0 aliphatic carbocycles. The number of amides is 1. The first kappa shape index (κ1) is 8.97. The molecule has 0 fully saturated rings. The fourth-order valence-electron chi connectivity index (χ4n) is 0.663. The number of rotatable bonds is 2. The van der Waals surface area contributed by atoms with Gasteiger partial charge in [0.05, 0.1) is 12.0 Å². The fraction of sp³-hybridized carbons (Fsp3) is 0.200. The number of ether oxygens (including phenoxy) is 1. The molecule has 1 aromatic heterocycles. The van der Waals surface area contributed by atoms with Crippen LogP contribution in [0.15, 0.2) is 6.20 Å². The average molecular weight is 186 g/mol. The van der Waals surface area contributed by atoms with Crippen molar-refractivity contribution in [3.63, 3.8) is 0 Å². The predicted octanol–water partition coefficient (Wildman–Crippen LogP) is 0.496. The molecule has 0 bridgehead atoms. The van der Waals surface area contributed by atoms with Gasteiger partial charge in [0.25, 0.3) is 0 Å². The van der Waals surface area contributed by atoms with Crippen LogP contribution >= 0.6 is 0 Å². The molecular formula is C5H6N4O4. The summed E-state index contributed by atoms with van der Waals surface area (Å²) in [6.45, 7) is 0. The van der Waals surface area contributed by atoms with Crippen LogP contribution in [0.5, 0.6) is 0 Å². The zero-order valence-electron chi connectivity index (χ0n) is 6.60. The van der Waals surface area contributed by atoms with Crippen LogP contribution in [0.2, 0.25) is 0 Å². The number of carbonyl (C=O) groups is 1. The van der Waals surface area contributed by atoms with Crippen molar-refractivity contribution in [3.8, 4) is 0 Å². The largest absolute Gasteiger partial charge is 0.453 e. The predicted molar refractivity (Wildman–Crippen MR) is 41.3 cm³/mol. The lowest BCUT2D eigenvalue weighted by atomic mass is 10.5. The van der Waals surface area contributed by atoms with Crippen molar-refractivity contribution in [1.82, 2.24) is 10.2 Å². The van der Waals surface area contributed by atoms with Crippen LogP contribution in [0.25, 0.3) is 0 Å². The van der Waals surface area contributed by atoms with E-state index in [1.807, 2.05) is 0 Å². The molecule has 1 rings (SSSR count). The Kier molecular flexibility index (Phi) is 2.43. The Balaban J connectivity index is 2.82. The van der Waals surface area contributed by atoms with Gasteiger partial charge in [-0.3, -0.25) is 20.5 Å². The molecule has 0 aliphatic heterocycles. The molecule has 0 unspecified atom stereocenters. The highest BCUT2D eigenvalue weighted by Gasteiger charge is 2.17. The van der Waals surface area contributed by atoms with Crippen LogP contribution in [0, 0.1) is 10.1 Å². The van der Waals surface area contributed by atoms with Gasteiger partial charge in [0.15, 0.2) is 0 Å². The Labute approximate surface area is 72.0 Å². The van der Waals surface area contributed by atoms with Gasteiger partial charge in [-0.05, 0) is 0 Å². The highest BCUT2D eigenvalue weighted by molar-refractivity contribution is 5.85. The first-order chi connectivity index (χ1) is 6.15. The maximum atomic E-state index is 10.7. The van der Waals surface area contributed by atoms with Crippen molar-refractivity contribution in [1.29, 1.82) is 0 Å². The molecule has 8 nitrogen and oxygen atoms in total. The summed E-state index contributed by atoms with van der Waals surface area (Å²) >= 11 is 0. The Morgan fingerprint density at radius 2 is 2.54 bits per heavy atom. The second-order valence-corrected chi connectivity index (χ2v) is 2.00. The third kappa shape index (κ3) is 1.92. The van der Waals surface area contributed by atoms with Gasteiger partial charge >= 0.3 is 11.8 Å². The summed E-state index contributed by atoms with van der Waals surface area (Å²) in [5, 5.41) is 18.0. The van der Waals surface area contributed by atoms with Crippen LogP contribution < -0.4 is 5.32 Å². The van der Waals surface area contributed by atoms with Gasteiger partial charge < -0.3 is 4.74 Å². The number of nitrogens with one attached hydrogen (secondary N) is 2. The van der Waals surface area contributed by atoms with E-state index >= 15 is 0 Å². The van der Waals surface area contributed by atoms with Crippen LogP contribution in [-0.2, 0) is 4.74 Å². The smallest absolute Gasteiger partial charge is 0.412 e. The Morgan fingerprint density at radius 1 is 1.85 bits per heavy atom. The van der Waals surface area contributed by atoms with Gasteiger partial charge in [-0.2, -0.15) is 5.10 Å². The van der Waals surface area contributed by atoms with Crippen molar-refractivity contribution in [2.45, 2.75) is 0 Å². The lowest BCUT2D eigenvalue weighted by molar-refractivity contribution is -0.383. The van der Waals surface area contributed by atoms with Crippen LogP contribution in [0.3, 0.4) is 0 Å². The van der Waals surface area contributed by atoms with Gasteiger partial charge in [-0.1, -0.05) is 0 Å². The zero-order valence-corrected chi connectivity index (χ0v) is 6.60. The van der Waals surface area contributed by atoms with E-state index in [-0.39, 0.29) is 11.5 Å². The van der Waals surface area contributed by atoms with Crippen LogP contribution in [0.4, 0.5) is 16.3 Å². The third-order valence-corrected chi connectivity index (χ3v) is 1.23. The number of aromatic amines is 1. The Bertz CT molecular complexity index is 333. The highest BCUT2D eigenvalue weighted by Crippen LogP contribution is 2.19. The van der Waals surface area contributed by atoms with E-state index in [0.29, 0.717) is 0 Å². The summed E-state index contributed by atoms with van der Waals surface area (Å²) in [6, 6.07) is 0. The van der Waals surface area contributed by atoms with Crippen molar-refractivity contribution < 1.29 is 14.5 Å². The van der Waals surface area contributed by atoms with Crippen molar-refractivity contribution in [2.75, 3.05) is 12.4 Å². The fourth-order valence-corrected chi connectivity index (χ4v) is 0.663. The van der Waals surface area contributed by atoms with Gasteiger partial charge in [0.2, 0.25) is 5.82 Å². The Morgan fingerprint density at radius 3 is 3.08 bits per heavy atom. The quantitative estimate of drug-likeness (QED) is 0.516. The SMILES string of the molecule is COC(=O)Nc1[nH]ncc1[N+](=O)[O-]. The monoisotopic (exact) mass is 186 g/mol. The van der Waals surface area contributed by atoms with E-state index in [4.69, 9.17) is 0 Å². The molecule has 2 N–H and O–H groups in total. The number of hydrogen-bond donors (Lipinski definition) is 2. The zero-order chi connectivity index (χ0) is 9.84. The number of carbonyl (C=O) groups excluding carboxylic acids is 1. The van der Waals surface area contributed by atoms with E-state index in [2.05, 4.69) is 20.3 Å². The molecule has 13 heavy (non-hydrogen) atoms. The van der Waals surface area contributed by atoms with Crippen LogP contribution in [0.1, 0.15) is 0 Å². The van der Waals surface area contributed by atoms with E-state index in [1.165, 1.54) is 0 Å². The molecule has 1 heterocycles. The van der Waals surface area contributed by atoms with Gasteiger partial charge in [0, 0.05) is 0 Å². The molecule has 1 amide bonds. The van der Waals surface area contributed by atoms with Gasteiger partial charge in [-0.25, -0.2) is 4.79 Å². The lowest BCUT2D eigenvalue weighted by Crippen LogP contribution is -2.12. The van der Waals surface area contributed by atoms with Gasteiger partial charge in [-0.15, -0.1) is 0 Å². The number of hydrogen-bond acceptors (Lipinski definition) is 5. The molecule has 1 aromatic rings. The van der Waals surface area contributed by atoms with E-state index < -0.39 is 11.0 Å². The summed E-state index contributed by atoms with van der Waals surface area (Å²) in [6.07, 6.45) is 0.193. The number of anilines is 1. The molecule has 0 saturated heterocycles. The number of aromatic nitrogens is 2. The molecule has 0 radical (unpaired) electrons. The first-order valence-corrected chi connectivity index (χ1v) is 3.18. The minimum absolute atomic E-state index is 0.100. The summed E-state index contributed by atoms with van der Waals surface area (Å²) in [5.74, 6) is -0.100. The normalized spacial score (nSPS) is 9.31. The molecule has 0 atom stereocenters. The van der Waals surface area contributed by atoms with Gasteiger partial charge in [0.1, 0.15) is 6.20 Å². The van der Waals surface area contributed by atoms with E-state index in [0.717, 1.165) is 13.3 Å². The topological polar surface area (TPSA) is 110 Å². The lowest BCUT2D eigenvalue weighted by Gasteiger charge is -1.98. The van der Waals surface area contributed by atoms with E-state index in [9.17, 15) is 14.9 Å². The molecule has 70 valence electrons. The van der Waals surface area contributed by atoms with E-state index in [1.54, 1.807) is 0 Å². The highest BCUT2D eigenvalue weighted by atomic mass is 16.6. The second kappa shape index (κ2) is 3.52. The number of H-pyrrole nitrogens is 1. The number of nitrogens with zero attached hydrogens (tertiary/aromatic N) is 2. The minimum atomic E-state index is -0.799. The third-order valence-electron chi connectivity index (χ3n) is 1.23. The summed E-state index contributed by atoms with van der Waals surface area (Å²) < 4.78 is 4.24. The molecule has 8 heteroatoms. The minimum Gasteiger partial charge on any atom is -0.453 e. The maximum Gasteiger partial charge on any atom is 0.412 e. The van der Waals surface area contributed by atoms with Crippen LogP contribution in [-0.4, -0.2) is 28.3 Å². The molecule has 0 saturated carbocycles. The van der Waals surface area contributed by atoms with Crippen molar-refractivity contribution >= 4 is 17.6 Å². The van der Waals surface area contributed by atoms with Crippen molar-refractivity contribution in [2.24, 2.45) is 0 Å². The molecule has 0 aromatic carbocycles.